The lowest BCUT2D eigenvalue weighted by Gasteiger charge is -2.36. The van der Waals surface area contributed by atoms with Crippen LogP contribution in [0.25, 0.3) is 0 Å². The van der Waals surface area contributed by atoms with Gasteiger partial charge in [0.05, 0.1) is 11.7 Å². The van der Waals surface area contributed by atoms with Gasteiger partial charge in [-0.3, -0.25) is 14.5 Å². The first kappa shape index (κ1) is 23.5. The molecule has 1 aromatic carbocycles. The summed E-state index contributed by atoms with van der Waals surface area (Å²) in [4.78, 5) is 29.3. The van der Waals surface area contributed by atoms with Crippen LogP contribution in [0.2, 0.25) is 0 Å². The molecule has 31 heavy (non-hydrogen) atoms. The molecule has 1 aromatic rings. The van der Waals surface area contributed by atoms with E-state index in [0.717, 1.165) is 19.0 Å². The van der Waals surface area contributed by atoms with Gasteiger partial charge in [0, 0.05) is 51.9 Å². The van der Waals surface area contributed by atoms with Crippen molar-refractivity contribution in [1.29, 1.82) is 0 Å². The van der Waals surface area contributed by atoms with Gasteiger partial charge in [0.25, 0.3) is 5.91 Å². The molecule has 0 saturated heterocycles. The number of fused-ring (bicyclic) bond motifs is 1. The zero-order chi connectivity index (χ0) is 22.5. The average molecular weight is 432 g/mol. The molecule has 1 heterocycles. The van der Waals surface area contributed by atoms with Gasteiger partial charge < -0.3 is 19.7 Å². The van der Waals surface area contributed by atoms with Crippen molar-refractivity contribution in [3.05, 3.63) is 23.8 Å². The van der Waals surface area contributed by atoms with Crippen LogP contribution < -0.4 is 10.1 Å². The molecule has 1 N–H and O–H groups in total. The molecule has 3 atom stereocenters. The standard InChI is InChI=1S/C24H37N3O4/c1-6-23(28)25-19-9-10-21-20(11-19)24(29)26(4)14-22(30-5)16(2)12-27(13-18-7-8-18)17(3)15-31-21/h9-11,16-18,22H,6-8,12-15H2,1-5H3,(H,25,28)/t16-,17-,22+/m1/s1. The smallest absolute Gasteiger partial charge is 0.257 e. The van der Waals surface area contributed by atoms with E-state index in [9.17, 15) is 9.59 Å². The number of ether oxygens (including phenoxy) is 2. The van der Waals surface area contributed by atoms with Gasteiger partial charge >= 0.3 is 0 Å². The molecule has 2 aliphatic rings. The van der Waals surface area contributed by atoms with Crippen LogP contribution in [0.3, 0.4) is 0 Å². The number of nitrogens with one attached hydrogen (secondary N) is 1. The van der Waals surface area contributed by atoms with Crippen molar-refractivity contribution in [3.8, 4) is 5.75 Å². The van der Waals surface area contributed by atoms with E-state index in [-0.39, 0.29) is 29.9 Å². The molecule has 172 valence electrons. The maximum Gasteiger partial charge on any atom is 0.257 e. The van der Waals surface area contributed by atoms with Crippen LogP contribution in [0.4, 0.5) is 5.69 Å². The van der Waals surface area contributed by atoms with Crippen molar-refractivity contribution in [2.75, 3.05) is 45.7 Å². The summed E-state index contributed by atoms with van der Waals surface area (Å²) < 4.78 is 12.0. The number of benzene rings is 1. The van der Waals surface area contributed by atoms with Gasteiger partial charge in [-0.25, -0.2) is 0 Å². The number of carbonyl (C=O) groups is 2. The molecule has 0 bridgehead atoms. The Morgan fingerprint density at radius 1 is 1.26 bits per heavy atom. The first-order valence-electron chi connectivity index (χ1n) is 11.4. The third kappa shape index (κ3) is 6.20. The molecule has 1 saturated carbocycles. The molecule has 1 aliphatic carbocycles. The van der Waals surface area contributed by atoms with E-state index in [1.807, 2.05) is 0 Å². The highest BCUT2D eigenvalue weighted by Gasteiger charge is 2.31. The second-order valence-electron chi connectivity index (χ2n) is 9.11. The Morgan fingerprint density at radius 3 is 2.65 bits per heavy atom. The molecular formula is C24H37N3O4. The lowest BCUT2D eigenvalue weighted by molar-refractivity contribution is -0.115. The van der Waals surface area contributed by atoms with Crippen molar-refractivity contribution in [2.24, 2.45) is 11.8 Å². The van der Waals surface area contributed by atoms with Gasteiger partial charge in [0.1, 0.15) is 12.4 Å². The molecule has 3 rings (SSSR count). The van der Waals surface area contributed by atoms with Crippen molar-refractivity contribution in [2.45, 2.75) is 52.2 Å². The molecule has 0 radical (unpaired) electrons. The fourth-order valence-corrected chi connectivity index (χ4v) is 4.07. The van der Waals surface area contributed by atoms with E-state index in [0.29, 0.717) is 36.6 Å². The molecule has 2 amide bonds. The summed E-state index contributed by atoms with van der Waals surface area (Å²) in [5.74, 6) is 1.37. The van der Waals surface area contributed by atoms with E-state index in [2.05, 4.69) is 24.1 Å². The molecule has 7 heteroatoms. The maximum absolute atomic E-state index is 13.3. The highest BCUT2D eigenvalue weighted by Crippen LogP contribution is 2.31. The van der Waals surface area contributed by atoms with Gasteiger partial charge in [-0.1, -0.05) is 13.8 Å². The SMILES string of the molecule is CCC(=O)Nc1ccc2c(c1)C(=O)N(C)C[C@H](OC)[C@H](C)CN(CC1CC1)[C@H](C)CO2. The maximum atomic E-state index is 13.3. The number of anilines is 1. The number of likely N-dealkylation sites (N-methyl/N-ethyl adjacent to an activating group) is 1. The van der Waals surface area contributed by atoms with Crippen molar-refractivity contribution in [3.63, 3.8) is 0 Å². The summed E-state index contributed by atoms with van der Waals surface area (Å²) >= 11 is 0. The van der Waals surface area contributed by atoms with E-state index in [4.69, 9.17) is 9.47 Å². The number of methoxy groups -OCH3 is 1. The summed E-state index contributed by atoms with van der Waals surface area (Å²) in [6.07, 6.45) is 2.93. The number of nitrogens with zero attached hydrogens (tertiary/aromatic N) is 2. The van der Waals surface area contributed by atoms with Crippen LogP contribution >= 0.6 is 0 Å². The first-order valence-corrected chi connectivity index (χ1v) is 11.4. The normalized spacial score (nSPS) is 25.8. The van der Waals surface area contributed by atoms with Crippen LogP contribution in [-0.4, -0.2) is 74.2 Å². The molecule has 0 unspecified atom stereocenters. The number of hydrogen-bond acceptors (Lipinski definition) is 5. The minimum Gasteiger partial charge on any atom is -0.491 e. The minimum atomic E-state index is -0.139. The van der Waals surface area contributed by atoms with E-state index >= 15 is 0 Å². The summed E-state index contributed by atoms with van der Waals surface area (Å²) in [6.45, 7) is 9.16. The Hall–Kier alpha value is -2.12. The molecule has 7 nitrogen and oxygen atoms in total. The van der Waals surface area contributed by atoms with Crippen LogP contribution in [0, 0.1) is 11.8 Å². The van der Waals surface area contributed by atoms with Crippen LogP contribution in [-0.2, 0) is 9.53 Å². The first-order chi connectivity index (χ1) is 14.8. The van der Waals surface area contributed by atoms with Gasteiger partial charge in [0.15, 0.2) is 0 Å². The lowest BCUT2D eigenvalue weighted by Crippen LogP contribution is -2.47. The zero-order valence-corrected chi connectivity index (χ0v) is 19.5. The fourth-order valence-electron chi connectivity index (χ4n) is 4.07. The van der Waals surface area contributed by atoms with E-state index in [1.54, 1.807) is 44.2 Å². The number of carbonyl (C=O) groups excluding carboxylic acids is 2. The molecule has 1 aliphatic heterocycles. The van der Waals surface area contributed by atoms with Crippen molar-refractivity contribution >= 4 is 17.5 Å². The third-order valence-electron chi connectivity index (χ3n) is 6.37. The Balaban J connectivity index is 1.90. The lowest BCUT2D eigenvalue weighted by atomic mass is 10.0. The number of rotatable bonds is 5. The summed E-state index contributed by atoms with van der Waals surface area (Å²) in [5.41, 5.74) is 1.06. The van der Waals surface area contributed by atoms with Gasteiger partial charge in [-0.15, -0.1) is 0 Å². The van der Waals surface area contributed by atoms with Crippen LogP contribution in [0.15, 0.2) is 18.2 Å². The summed E-state index contributed by atoms with van der Waals surface area (Å²) in [5, 5.41) is 2.84. The largest absolute Gasteiger partial charge is 0.491 e. The molecular weight excluding hydrogens is 394 g/mol. The van der Waals surface area contributed by atoms with Gasteiger partial charge in [-0.2, -0.15) is 0 Å². The predicted molar refractivity (Wildman–Crippen MR) is 122 cm³/mol. The third-order valence-corrected chi connectivity index (χ3v) is 6.37. The van der Waals surface area contributed by atoms with Gasteiger partial charge in [-0.05, 0) is 49.8 Å². The van der Waals surface area contributed by atoms with Crippen molar-refractivity contribution < 1.29 is 19.1 Å². The molecule has 1 fully saturated rings. The highest BCUT2D eigenvalue weighted by atomic mass is 16.5. The van der Waals surface area contributed by atoms with Crippen LogP contribution in [0.5, 0.6) is 5.75 Å². The Kier molecular flexibility index (Phi) is 7.94. The number of hydrogen-bond donors (Lipinski definition) is 1. The average Bonchev–Trinajstić information content (AvgIpc) is 3.58. The summed E-state index contributed by atoms with van der Waals surface area (Å²) in [7, 11) is 3.51. The van der Waals surface area contributed by atoms with Gasteiger partial charge in [0.2, 0.25) is 5.91 Å². The Morgan fingerprint density at radius 2 is 2.00 bits per heavy atom. The zero-order valence-electron chi connectivity index (χ0n) is 19.5. The minimum absolute atomic E-state index is 0.0605. The Labute approximate surface area is 186 Å². The summed E-state index contributed by atoms with van der Waals surface area (Å²) in [6, 6.07) is 5.51. The predicted octanol–water partition coefficient (Wildman–Crippen LogP) is 3.25. The highest BCUT2D eigenvalue weighted by molar-refractivity contribution is 5.99. The van der Waals surface area contributed by atoms with Crippen LogP contribution in [0.1, 0.15) is 50.4 Å². The fraction of sp³-hybridized carbons (Fsp3) is 0.667. The second kappa shape index (κ2) is 10.5. The quantitative estimate of drug-likeness (QED) is 0.775. The number of amides is 2. The van der Waals surface area contributed by atoms with E-state index in [1.165, 1.54) is 12.8 Å². The van der Waals surface area contributed by atoms with Crippen molar-refractivity contribution in [1.82, 2.24) is 9.80 Å². The molecule has 0 aromatic heterocycles. The second-order valence-corrected chi connectivity index (χ2v) is 9.11. The Bertz CT molecular complexity index is 780. The topological polar surface area (TPSA) is 71.1 Å². The molecule has 0 spiro atoms. The van der Waals surface area contributed by atoms with E-state index < -0.39 is 0 Å². The monoisotopic (exact) mass is 431 g/mol.